The monoisotopic (exact) mass is 917 g/mol. The summed E-state index contributed by atoms with van der Waals surface area (Å²) in [7, 11) is 0. The highest BCUT2D eigenvalue weighted by atomic mass is 15.0. The lowest BCUT2D eigenvalue weighted by atomic mass is 10.0. The number of hydrogen-bond acceptors (Lipinski definition) is 0. The lowest BCUT2D eigenvalue weighted by molar-refractivity contribution is 0.590. The summed E-state index contributed by atoms with van der Waals surface area (Å²) in [5.74, 6) is 0. The zero-order valence-electron chi connectivity index (χ0n) is 41.5. The first-order chi connectivity index (χ1) is 34.8. The summed E-state index contributed by atoms with van der Waals surface area (Å²) in [6.07, 6.45) is 14.0. The van der Waals surface area contributed by atoms with Crippen LogP contribution in [0.3, 0.4) is 0 Å². The van der Waals surface area contributed by atoms with E-state index < -0.39 is 0 Å². The zero-order chi connectivity index (χ0) is 48.2. The number of aryl methyl sites for hydroxylation is 3. The number of fused-ring (bicyclic) bond motifs is 8. The number of nitrogens with zero attached hydrogens (tertiary/aromatic N) is 3. The molecular formula is C68H59N3. The van der Waals surface area contributed by atoms with Crippen molar-refractivity contribution in [2.75, 3.05) is 0 Å². The first-order valence-corrected chi connectivity index (χ1v) is 25.6. The molecule has 0 fully saturated rings. The van der Waals surface area contributed by atoms with Gasteiger partial charge in [0.1, 0.15) is 0 Å². The summed E-state index contributed by atoms with van der Waals surface area (Å²) in [4.78, 5) is 0. The minimum atomic E-state index is 1.00. The summed E-state index contributed by atoms with van der Waals surface area (Å²) in [6.45, 7) is 12.0. The van der Waals surface area contributed by atoms with Crippen LogP contribution < -0.4 is 0 Å². The Bertz CT molecular complexity index is 4050. The molecule has 71 heavy (non-hydrogen) atoms. The standard InChI is InChI=1S/C68H59N3/c1-6-8-9-14-36-69-61(49-27-20-45(3)21-28-49)34-35-62(69)50-29-24-48(25-30-50)26-31-56-44-65(70-63-32-22-46(4)37-57(63)59-39-51-16-10-12-18-53(51)41-67(59)70)55(15-7-2)43-66(56)71-64-33-23-47(5)38-58(64)60-40-52-17-11-13-19-54(52)42-68(60)71/h7,10-13,15-35,37-44H,6,8-9,14,36H2,1-5H3/b15-7+,31-26+. The van der Waals surface area contributed by atoms with Crippen LogP contribution in [0.15, 0.2) is 188 Å². The number of hydrogen-bond donors (Lipinski definition) is 0. The first kappa shape index (κ1) is 44.1. The predicted molar refractivity (Wildman–Crippen MR) is 307 cm³/mol. The van der Waals surface area contributed by atoms with Crippen molar-refractivity contribution in [3.05, 3.63) is 221 Å². The number of unbranched alkanes of at least 4 members (excludes halogenated alkanes) is 3. The Labute approximate surface area is 417 Å². The third kappa shape index (κ3) is 7.96. The average molecular weight is 918 g/mol. The van der Waals surface area contributed by atoms with Crippen molar-refractivity contribution < 1.29 is 0 Å². The Morgan fingerprint density at radius 1 is 0.394 bits per heavy atom. The number of aromatic nitrogens is 3. The van der Waals surface area contributed by atoms with Gasteiger partial charge in [0.2, 0.25) is 0 Å². The fourth-order valence-electron chi connectivity index (χ4n) is 11.2. The van der Waals surface area contributed by atoms with Gasteiger partial charge in [-0.05, 0) is 145 Å². The molecule has 346 valence electrons. The SMILES string of the molecule is C/C=C/c1cc(-n2c3ccc(C)cc3c3cc4ccccc4cc32)c(/C=C/c2ccc(-c3ccc(-c4ccc(C)cc4)n3CCCCCC)cc2)cc1-n1c2ccc(C)cc2c2cc3ccccc3cc21. The molecule has 3 heterocycles. The van der Waals surface area contributed by atoms with Crippen LogP contribution in [0.25, 0.3) is 117 Å². The van der Waals surface area contributed by atoms with Gasteiger partial charge in [0.25, 0.3) is 0 Å². The van der Waals surface area contributed by atoms with Crippen molar-refractivity contribution in [1.82, 2.24) is 13.7 Å². The van der Waals surface area contributed by atoms with Gasteiger partial charge in [-0.25, -0.2) is 0 Å². The van der Waals surface area contributed by atoms with Crippen LogP contribution in [0.1, 0.15) is 72.9 Å². The van der Waals surface area contributed by atoms with Crippen molar-refractivity contribution in [2.45, 2.75) is 66.8 Å². The zero-order valence-corrected chi connectivity index (χ0v) is 41.5. The van der Waals surface area contributed by atoms with E-state index in [9.17, 15) is 0 Å². The molecule has 0 aliphatic rings. The third-order valence-electron chi connectivity index (χ3n) is 14.8. The number of rotatable bonds is 12. The second-order valence-corrected chi connectivity index (χ2v) is 19.8. The van der Waals surface area contributed by atoms with E-state index in [-0.39, 0.29) is 0 Å². The van der Waals surface area contributed by atoms with Gasteiger partial charge in [0.05, 0.1) is 33.4 Å². The topological polar surface area (TPSA) is 14.8 Å². The summed E-state index contributed by atoms with van der Waals surface area (Å²) in [5.41, 5.74) is 19.4. The molecule has 0 spiro atoms. The van der Waals surface area contributed by atoms with Crippen LogP contribution in [0, 0.1) is 20.8 Å². The van der Waals surface area contributed by atoms with Crippen molar-refractivity contribution in [2.24, 2.45) is 0 Å². The fourth-order valence-corrected chi connectivity index (χ4v) is 11.2. The van der Waals surface area contributed by atoms with E-state index in [1.165, 1.54) is 130 Å². The Morgan fingerprint density at radius 3 is 1.37 bits per heavy atom. The van der Waals surface area contributed by atoms with Crippen molar-refractivity contribution in [3.63, 3.8) is 0 Å². The Kier molecular flexibility index (Phi) is 11.4. The van der Waals surface area contributed by atoms with E-state index in [2.05, 4.69) is 255 Å². The van der Waals surface area contributed by atoms with E-state index in [1.54, 1.807) is 0 Å². The number of benzene rings is 9. The second-order valence-electron chi connectivity index (χ2n) is 19.8. The predicted octanol–water partition coefficient (Wildman–Crippen LogP) is 19.0. The highest BCUT2D eigenvalue weighted by Crippen LogP contribution is 2.41. The van der Waals surface area contributed by atoms with Crippen LogP contribution >= 0.6 is 0 Å². The molecular weight excluding hydrogens is 859 g/mol. The maximum atomic E-state index is 2.54. The molecule has 0 amide bonds. The normalized spacial score (nSPS) is 12.2. The molecule has 12 rings (SSSR count). The van der Waals surface area contributed by atoms with Gasteiger partial charge in [-0.1, -0.05) is 176 Å². The minimum absolute atomic E-state index is 1.00. The van der Waals surface area contributed by atoms with Crippen molar-refractivity contribution in [1.29, 1.82) is 0 Å². The van der Waals surface area contributed by atoms with Crippen LogP contribution in [0.2, 0.25) is 0 Å². The third-order valence-corrected chi connectivity index (χ3v) is 14.8. The molecule has 3 aromatic heterocycles. The van der Waals surface area contributed by atoms with Crippen molar-refractivity contribution >= 4 is 83.4 Å². The molecule has 0 saturated heterocycles. The smallest absolute Gasteiger partial charge is 0.0547 e. The maximum Gasteiger partial charge on any atom is 0.0547 e. The molecule has 9 aromatic carbocycles. The van der Waals surface area contributed by atoms with Gasteiger partial charge in [-0.2, -0.15) is 0 Å². The Hall–Kier alpha value is -8.14. The molecule has 0 radical (unpaired) electrons. The van der Waals surface area contributed by atoms with Crippen LogP contribution in [0.4, 0.5) is 0 Å². The molecule has 0 unspecified atom stereocenters. The second kappa shape index (κ2) is 18.3. The maximum absolute atomic E-state index is 2.54. The van der Waals surface area contributed by atoms with E-state index in [4.69, 9.17) is 0 Å². The van der Waals surface area contributed by atoms with E-state index in [1.807, 2.05) is 0 Å². The number of allylic oxidation sites excluding steroid dienone is 1. The highest BCUT2D eigenvalue weighted by molar-refractivity contribution is 6.15. The molecule has 0 aliphatic carbocycles. The Morgan fingerprint density at radius 2 is 0.859 bits per heavy atom. The molecule has 0 saturated carbocycles. The summed E-state index contributed by atoms with van der Waals surface area (Å²) >= 11 is 0. The minimum Gasteiger partial charge on any atom is -0.341 e. The quantitative estimate of drug-likeness (QED) is 0.0857. The summed E-state index contributed by atoms with van der Waals surface area (Å²) < 4.78 is 7.56. The van der Waals surface area contributed by atoms with Crippen LogP contribution in [-0.4, -0.2) is 13.7 Å². The molecule has 3 nitrogen and oxygen atoms in total. The average Bonchev–Trinajstić information content (AvgIpc) is 4.05. The van der Waals surface area contributed by atoms with Gasteiger partial charge >= 0.3 is 0 Å². The van der Waals surface area contributed by atoms with E-state index >= 15 is 0 Å². The summed E-state index contributed by atoms with van der Waals surface area (Å²) in [5, 5.41) is 10.0. The van der Waals surface area contributed by atoms with Gasteiger partial charge in [0, 0.05) is 50.6 Å². The van der Waals surface area contributed by atoms with Gasteiger partial charge in [0.15, 0.2) is 0 Å². The molecule has 0 atom stereocenters. The van der Waals surface area contributed by atoms with Crippen molar-refractivity contribution in [3.8, 4) is 33.9 Å². The molecule has 3 heteroatoms. The lowest BCUT2D eigenvalue weighted by Crippen LogP contribution is -2.03. The molecule has 0 N–H and O–H groups in total. The highest BCUT2D eigenvalue weighted by Gasteiger charge is 2.21. The molecule has 0 aliphatic heterocycles. The lowest BCUT2D eigenvalue weighted by Gasteiger charge is -2.19. The van der Waals surface area contributed by atoms with Crippen LogP contribution in [-0.2, 0) is 6.54 Å². The molecule has 12 aromatic rings. The summed E-state index contributed by atoms with van der Waals surface area (Å²) in [6, 6.07) is 68.6. The fraction of sp³-hybridized carbons (Fsp3) is 0.147. The van der Waals surface area contributed by atoms with Gasteiger partial charge < -0.3 is 13.7 Å². The van der Waals surface area contributed by atoms with Gasteiger partial charge in [-0.3, -0.25) is 0 Å². The molecule has 0 bridgehead atoms. The van der Waals surface area contributed by atoms with E-state index in [0.717, 1.165) is 34.6 Å². The van der Waals surface area contributed by atoms with Gasteiger partial charge in [-0.15, -0.1) is 0 Å². The Balaban J connectivity index is 1.06. The van der Waals surface area contributed by atoms with Crippen LogP contribution in [0.5, 0.6) is 0 Å². The van der Waals surface area contributed by atoms with E-state index in [0.29, 0.717) is 0 Å². The largest absolute Gasteiger partial charge is 0.341 e. The first-order valence-electron chi connectivity index (χ1n) is 25.6.